The highest BCUT2D eigenvalue weighted by Gasteiger charge is 2.33. The van der Waals surface area contributed by atoms with Crippen molar-refractivity contribution in [2.75, 3.05) is 11.4 Å². The predicted octanol–water partition coefficient (Wildman–Crippen LogP) is 3.68. The van der Waals surface area contributed by atoms with Crippen LogP contribution in [0.4, 0.5) is 5.69 Å². The number of amides is 3. The lowest BCUT2D eigenvalue weighted by Crippen LogP contribution is -2.57. The molecule has 0 saturated carbocycles. The number of ketones is 1. The number of nitrogens with zero attached hydrogens (tertiary/aromatic N) is 1. The molecule has 0 spiro atoms. The maximum Gasteiger partial charge on any atom is 0.289 e. The first-order valence-electron chi connectivity index (χ1n) is 15.7. The van der Waals surface area contributed by atoms with Crippen molar-refractivity contribution in [2.24, 2.45) is 0 Å². The van der Waals surface area contributed by atoms with Crippen molar-refractivity contribution < 1.29 is 32.7 Å². The van der Waals surface area contributed by atoms with Gasteiger partial charge < -0.3 is 20.7 Å². The van der Waals surface area contributed by atoms with E-state index >= 15 is 0 Å². The zero-order chi connectivity index (χ0) is 35.3. The number of anilines is 1. The van der Waals surface area contributed by atoms with E-state index in [1.807, 2.05) is 36.4 Å². The van der Waals surface area contributed by atoms with E-state index in [0.717, 1.165) is 9.87 Å². The van der Waals surface area contributed by atoms with Crippen LogP contribution in [0.2, 0.25) is 0 Å². The largest absolute Gasteiger partial charge is 0.497 e. The quantitative estimate of drug-likeness (QED) is 0.104. The Morgan fingerprint density at radius 3 is 1.86 bits per heavy atom. The average Bonchev–Trinajstić information content (AvgIpc) is 3.11. The first-order valence-corrected chi connectivity index (χ1v) is 16.7. The molecule has 0 aliphatic rings. The lowest BCUT2D eigenvalue weighted by molar-refractivity contribution is -0.140. The van der Waals surface area contributed by atoms with Gasteiger partial charge in [0.2, 0.25) is 17.6 Å². The van der Waals surface area contributed by atoms with Crippen molar-refractivity contribution in [3.63, 3.8) is 0 Å². The topological polar surface area (TPSA) is 154 Å². The molecule has 3 amide bonds. The number of nitrogens with one attached hydrogen (secondary N) is 3. The maximum atomic E-state index is 14.0. The van der Waals surface area contributed by atoms with Crippen LogP contribution in [0, 0.1) is 6.92 Å². The van der Waals surface area contributed by atoms with Gasteiger partial charge in [-0.1, -0.05) is 91.0 Å². The number of hydrogen-bond donors (Lipinski definition) is 4. The molecule has 256 valence electrons. The third-order valence-electron chi connectivity index (χ3n) is 7.92. The summed E-state index contributed by atoms with van der Waals surface area (Å²) in [7, 11) is 1.53. The number of methoxy groups -OCH3 is 1. The Kier molecular flexibility index (Phi) is 13.2. The number of aryl methyl sites for hydroxylation is 1. The summed E-state index contributed by atoms with van der Waals surface area (Å²) in [6.07, 6.45) is 0.0294. The third-order valence-corrected chi connectivity index (χ3v) is 8.77. The van der Waals surface area contributed by atoms with E-state index in [1.54, 1.807) is 79.7 Å². The number of Topliss-reactive ketones (excluding diaryl/α,β-unsaturated/α-hetero) is 1. The molecule has 4 aromatic carbocycles. The smallest absolute Gasteiger partial charge is 0.289 e. The normalized spacial score (nSPS) is 13.2. The highest BCUT2D eigenvalue weighted by Crippen LogP contribution is 2.23. The van der Waals surface area contributed by atoms with Gasteiger partial charge in [0, 0.05) is 19.4 Å². The molecule has 12 heteroatoms. The number of rotatable bonds is 16. The number of benzene rings is 4. The van der Waals surface area contributed by atoms with Gasteiger partial charge in [0.25, 0.3) is 17.2 Å². The van der Waals surface area contributed by atoms with Crippen LogP contribution in [0.1, 0.15) is 29.2 Å². The maximum absolute atomic E-state index is 14.0. The highest BCUT2D eigenvalue weighted by molar-refractivity contribution is 7.80. The van der Waals surface area contributed by atoms with Gasteiger partial charge in [-0.15, -0.1) is 0 Å². The van der Waals surface area contributed by atoms with Crippen molar-refractivity contribution in [1.82, 2.24) is 16.0 Å². The fourth-order valence-electron chi connectivity index (χ4n) is 5.20. The number of ether oxygens (including phenoxy) is 1. The van der Waals surface area contributed by atoms with Crippen molar-refractivity contribution in [3.05, 3.63) is 131 Å². The van der Waals surface area contributed by atoms with E-state index in [9.17, 15) is 27.9 Å². The molecular formula is C37H40N4O7S. The Hall–Kier alpha value is -5.33. The Balaban J connectivity index is 1.59. The Morgan fingerprint density at radius 2 is 1.27 bits per heavy atom. The second kappa shape index (κ2) is 17.7. The average molecular weight is 685 g/mol. The van der Waals surface area contributed by atoms with E-state index in [2.05, 4.69) is 16.0 Å². The van der Waals surface area contributed by atoms with Crippen LogP contribution in [0.5, 0.6) is 5.75 Å². The Bertz CT molecular complexity index is 1750. The van der Waals surface area contributed by atoms with Crippen LogP contribution in [0.15, 0.2) is 109 Å². The third kappa shape index (κ3) is 10.3. The second-order valence-electron chi connectivity index (χ2n) is 11.4. The lowest BCUT2D eigenvalue weighted by Gasteiger charge is -2.29. The highest BCUT2D eigenvalue weighted by atomic mass is 32.2. The van der Waals surface area contributed by atoms with Gasteiger partial charge in [0.15, 0.2) is 0 Å². The van der Waals surface area contributed by atoms with Gasteiger partial charge in [-0.25, -0.2) is 4.21 Å². The second-order valence-corrected chi connectivity index (χ2v) is 12.3. The van der Waals surface area contributed by atoms with Crippen molar-refractivity contribution in [1.29, 1.82) is 0 Å². The first kappa shape index (κ1) is 36.5. The van der Waals surface area contributed by atoms with Gasteiger partial charge in [0.05, 0.1) is 12.8 Å². The summed E-state index contributed by atoms with van der Waals surface area (Å²) >= 11 is -2.57. The number of hydrogen-bond acceptors (Lipinski definition) is 6. The molecule has 49 heavy (non-hydrogen) atoms. The van der Waals surface area contributed by atoms with Crippen LogP contribution in [-0.4, -0.2) is 57.5 Å². The summed E-state index contributed by atoms with van der Waals surface area (Å²) < 4.78 is 28.9. The summed E-state index contributed by atoms with van der Waals surface area (Å²) in [5, 5.41) is 8.06. The molecule has 0 radical (unpaired) electrons. The van der Waals surface area contributed by atoms with E-state index in [1.165, 1.54) is 14.0 Å². The number of carbonyl (C=O) groups excluding carboxylic acids is 4. The number of carbonyl (C=O) groups is 4. The predicted molar refractivity (Wildman–Crippen MR) is 188 cm³/mol. The van der Waals surface area contributed by atoms with Crippen molar-refractivity contribution in [2.45, 2.75) is 51.4 Å². The molecule has 4 atom stereocenters. The van der Waals surface area contributed by atoms with E-state index in [-0.39, 0.29) is 19.4 Å². The molecule has 0 aliphatic carbocycles. The first-order chi connectivity index (χ1) is 23.6. The monoisotopic (exact) mass is 684 g/mol. The van der Waals surface area contributed by atoms with Crippen molar-refractivity contribution >= 4 is 40.5 Å². The molecule has 0 fully saturated rings. The molecule has 4 aromatic rings. The van der Waals surface area contributed by atoms with Crippen LogP contribution in [0.25, 0.3) is 0 Å². The lowest BCUT2D eigenvalue weighted by atomic mass is 9.99. The number of para-hydroxylation sites is 1. The van der Waals surface area contributed by atoms with Gasteiger partial charge >= 0.3 is 0 Å². The zero-order valence-electron chi connectivity index (χ0n) is 27.5. The van der Waals surface area contributed by atoms with Crippen molar-refractivity contribution in [3.8, 4) is 5.75 Å². The Labute approximate surface area is 288 Å². The van der Waals surface area contributed by atoms with Gasteiger partial charge in [0.1, 0.15) is 23.9 Å². The van der Waals surface area contributed by atoms with Gasteiger partial charge in [-0.05, 0) is 54.3 Å². The summed E-state index contributed by atoms with van der Waals surface area (Å²) in [6.45, 7) is 3.33. The van der Waals surface area contributed by atoms with Crippen LogP contribution in [-0.2, 0) is 49.8 Å². The van der Waals surface area contributed by atoms with E-state index in [0.29, 0.717) is 28.1 Å². The summed E-state index contributed by atoms with van der Waals surface area (Å²) in [5.74, 6) is -2.54. The van der Waals surface area contributed by atoms with E-state index in [4.69, 9.17) is 4.74 Å². The molecule has 0 aromatic heterocycles. The summed E-state index contributed by atoms with van der Waals surface area (Å²) in [6, 6.07) is 28.1. The fourth-order valence-corrected chi connectivity index (χ4v) is 5.94. The molecule has 1 unspecified atom stereocenters. The molecule has 0 heterocycles. The van der Waals surface area contributed by atoms with Gasteiger partial charge in [-0.3, -0.25) is 28.0 Å². The van der Waals surface area contributed by atoms with Crippen LogP contribution < -0.4 is 25.0 Å². The minimum Gasteiger partial charge on any atom is -0.497 e. The minimum absolute atomic E-state index is 0.00726. The van der Waals surface area contributed by atoms with Gasteiger partial charge in [-0.2, -0.15) is 0 Å². The Morgan fingerprint density at radius 1 is 0.735 bits per heavy atom. The van der Waals surface area contributed by atoms with Crippen LogP contribution in [0.3, 0.4) is 0 Å². The molecule has 0 bridgehead atoms. The summed E-state index contributed by atoms with van der Waals surface area (Å²) in [4.78, 5) is 54.3. The molecule has 4 rings (SSSR count). The molecule has 0 aliphatic heterocycles. The molecule has 11 nitrogen and oxygen atoms in total. The summed E-state index contributed by atoms with van der Waals surface area (Å²) in [5.41, 5.74) is 3.22. The standard InChI is InChI=1S/C37H40N4O7S/c1-25-12-10-11-17-33(25)41(49(46)47)26(2)35(43)40-32(23-28-18-20-30(48-3)21-19-28)36(44)39-31(22-27-13-6-4-7-14-27)34(42)37(45)38-24-29-15-8-5-9-16-29/h4-21,26,31-32H,22-24H2,1-3H3,(H,38,45)(H,39,44)(H,40,43)(H,46,47)/t26-,31-,32-/m0/s1. The minimum atomic E-state index is -2.57. The fraction of sp³-hybridized carbons (Fsp3) is 0.243. The molecule has 0 saturated heterocycles. The SMILES string of the molecule is COc1ccc(C[C@H](NC(=O)[C@H](C)N(c2ccccc2C)S(=O)O)C(=O)N[C@@H](Cc2ccccc2)C(=O)C(=O)NCc2ccccc2)cc1. The molecular weight excluding hydrogens is 644 g/mol. The zero-order valence-corrected chi connectivity index (χ0v) is 28.3. The molecule has 4 N–H and O–H groups in total. The van der Waals surface area contributed by atoms with E-state index < -0.39 is 52.9 Å². The van der Waals surface area contributed by atoms with Crippen LogP contribution >= 0.6 is 0 Å².